The molecule has 0 aliphatic carbocycles. The predicted octanol–water partition coefficient (Wildman–Crippen LogP) is 4.48. The van der Waals surface area contributed by atoms with E-state index in [0.29, 0.717) is 16.9 Å². The summed E-state index contributed by atoms with van der Waals surface area (Å²) in [6.45, 7) is 6.03. The van der Waals surface area contributed by atoms with Crippen molar-refractivity contribution in [3.63, 3.8) is 0 Å². The summed E-state index contributed by atoms with van der Waals surface area (Å²) in [6.07, 6.45) is 0.605. The van der Waals surface area contributed by atoms with Crippen LogP contribution in [-0.4, -0.2) is 30.0 Å². The zero-order chi connectivity index (χ0) is 23.7. The Morgan fingerprint density at radius 1 is 1.19 bits per heavy atom. The molecule has 1 atom stereocenters. The Morgan fingerprint density at radius 3 is 2.41 bits per heavy atom. The predicted molar refractivity (Wildman–Crippen MR) is 128 cm³/mol. The van der Waals surface area contributed by atoms with E-state index in [2.05, 4.69) is 26.6 Å². The second-order valence-corrected chi connectivity index (χ2v) is 8.79. The largest absolute Gasteiger partial charge is 0.505 e. The third-order valence-electron chi connectivity index (χ3n) is 5.27. The second kappa shape index (κ2) is 9.20. The number of para-hydroxylation sites is 1. The molecular weight excluding hydrogens is 478 g/mol. The minimum absolute atomic E-state index is 0.0351. The first-order valence-corrected chi connectivity index (χ1v) is 11.1. The summed E-state index contributed by atoms with van der Waals surface area (Å²) in [7, 11) is 3.15. The molecule has 0 fully saturated rings. The Bertz CT molecular complexity index is 1220. The van der Waals surface area contributed by atoms with Crippen LogP contribution in [0.4, 0.5) is 17.1 Å². The quantitative estimate of drug-likeness (QED) is 0.307. The fourth-order valence-electron chi connectivity index (χ4n) is 3.36. The van der Waals surface area contributed by atoms with Crippen LogP contribution in [0.5, 0.6) is 5.75 Å². The molecule has 32 heavy (non-hydrogen) atoms. The maximum absolute atomic E-state index is 12.3. The van der Waals surface area contributed by atoms with Gasteiger partial charge in [0.15, 0.2) is 10.4 Å². The van der Waals surface area contributed by atoms with Crippen molar-refractivity contribution in [2.45, 2.75) is 39.2 Å². The van der Waals surface area contributed by atoms with Crippen molar-refractivity contribution in [2.24, 2.45) is 0 Å². The van der Waals surface area contributed by atoms with Crippen LogP contribution in [-0.2, 0) is 0 Å². The van der Waals surface area contributed by atoms with Crippen molar-refractivity contribution in [3.05, 3.63) is 66.3 Å². The Hall–Kier alpha value is -3.07. The van der Waals surface area contributed by atoms with Crippen LogP contribution in [0.25, 0.3) is 0 Å². The third kappa shape index (κ3) is 4.29. The van der Waals surface area contributed by atoms with Crippen molar-refractivity contribution in [2.75, 3.05) is 24.7 Å². The van der Waals surface area contributed by atoms with Gasteiger partial charge >= 0.3 is 0 Å². The smallest absolute Gasteiger partial charge is 0.257 e. The molecule has 1 heterocycles. The van der Waals surface area contributed by atoms with Crippen molar-refractivity contribution < 1.29 is 14.3 Å². The lowest BCUT2D eigenvalue weighted by atomic mass is 10.0. The highest BCUT2D eigenvalue weighted by Crippen LogP contribution is 2.36. The molecule has 0 spiro atoms. The first-order valence-electron chi connectivity index (χ1n) is 10.3. The van der Waals surface area contributed by atoms with E-state index >= 15 is 0 Å². The Labute approximate surface area is 194 Å². The minimum Gasteiger partial charge on any atom is -0.505 e. The molecule has 0 radical (unpaired) electrons. The second-order valence-electron chi connectivity index (χ2n) is 8.07. The van der Waals surface area contributed by atoms with Crippen LogP contribution in [0.1, 0.15) is 60.8 Å². The number of rotatable bonds is 8. The van der Waals surface area contributed by atoms with E-state index in [4.69, 9.17) is 4.42 Å². The standard InChI is InChI=1S/C23H26BrN3O5/c1-6-14(16-10-13(11(2)3)22(24)32-16)25-17-18(21(30)20(17)29)26-15-9-7-8-12(19(15)28)23(31)27(4)5/h7-11,14,25-26,28H,6H2,1-5H3. The lowest BCUT2D eigenvalue weighted by Gasteiger charge is -2.21. The summed E-state index contributed by atoms with van der Waals surface area (Å²) in [5.74, 6) is 0.213. The van der Waals surface area contributed by atoms with Gasteiger partial charge < -0.3 is 25.1 Å². The van der Waals surface area contributed by atoms with Crippen LogP contribution in [0.15, 0.2) is 42.9 Å². The summed E-state index contributed by atoms with van der Waals surface area (Å²) < 4.78 is 6.47. The highest BCUT2D eigenvalue weighted by atomic mass is 79.9. The number of furan rings is 1. The molecule has 1 amide bonds. The van der Waals surface area contributed by atoms with Gasteiger partial charge in [-0.05, 0) is 46.5 Å². The summed E-state index contributed by atoms with van der Waals surface area (Å²) in [5, 5.41) is 16.4. The number of hydrogen-bond acceptors (Lipinski definition) is 7. The number of nitrogens with one attached hydrogen (secondary N) is 2. The van der Waals surface area contributed by atoms with E-state index in [1.165, 1.54) is 17.0 Å². The molecule has 3 rings (SSSR count). The van der Waals surface area contributed by atoms with Crippen LogP contribution in [0.3, 0.4) is 0 Å². The average Bonchev–Trinajstić information content (AvgIpc) is 3.15. The van der Waals surface area contributed by atoms with E-state index in [1.807, 2.05) is 26.8 Å². The molecule has 3 aromatic rings. The number of phenolic OH excluding ortho intramolecular Hbond substituents is 1. The number of hydrogen-bond donors (Lipinski definition) is 3. The number of benzene rings is 1. The van der Waals surface area contributed by atoms with Gasteiger partial charge in [-0.3, -0.25) is 14.4 Å². The fourth-order valence-corrected chi connectivity index (χ4v) is 4.12. The number of carbonyl (C=O) groups is 1. The van der Waals surface area contributed by atoms with Gasteiger partial charge in [0.1, 0.15) is 17.1 Å². The van der Waals surface area contributed by atoms with Crippen molar-refractivity contribution in [1.29, 1.82) is 0 Å². The topological polar surface area (TPSA) is 112 Å². The number of carbonyl (C=O) groups excluding carboxylic acids is 1. The molecule has 0 bridgehead atoms. The number of halogens is 1. The van der Waals surface area contributed by atoms with Gasteiger partial charge in [-0.2, -0.15) is 0 Å². The van der Waals surface area contributed by atoms with E-state index < -0.39 is 10.9 Å². The molecule has 1 aromatic heterocycles. The van der Waals surface area contributed by atoms with Crippen LogP contribution in [0.2, 0.25) is 0 Å². The highest BCUT2D eigenvalue weighted by molar-refractivity contribution is 9.10. The molecule has 2 aromatic carbocycles. The normalized spacial score (nSPS) is 12.2. The van der Waals surface area contributed by atoms with E-state index in [-0.39, 0.29) is 46.2 Å². The first kappa shape index (κ1) is 23.6. The molecule has 0 aliphatic heterocycles. The number of phenols is 1. The lowest BCUT2D eigenvalue weighted by Crippen LogP contribution is -2.37. The zero-order valence-corrected chi connectivity index (χ0v) is 20.2. The highest BCUT2D eigenvalue weighted by Gasteiger charge is 2.27. The van der Waals surface area contributed by atoms with Crippen LogP contribution >= 0.6 is 15.9 Å². The Morgan fingerprint density at radius 2 is 1.84 bits per heavy atom. The van der Waals surface area contributed by atoms with Gasteiger partial charge in [0.05, 0.1) is 17.3 Å². The van der Waals surface area contributed by atoms with Crippen LogP contribution < -0.4 is 21.5 Å². The van der Waals surface area contributed by atoms with Gasteiger partial charge in [0.2, 0.25) is 0 Å². The summed E-state index contributed by atoms with van der Waals surface area (Å²) in [4.78, 5) is 38.2. The number of aromatic hydroxyl groups is 1. The average molecular weight is 504 g/mol. The molecule has 3 N–H and O–H groups in total. The molecule has 0 aliphatic rings. The van der Waals surface area contributed by atoms with Gasteiger partial charge in [-0.25, -0.2) is 0 Å². The molecular formula is C23H26BrN3O5. The maximum atomic E-state index is 12.3. The van der Waals surface area contributed by atoms with Crippen molar-refractivity contribution in [3.8, 4) is 5.75 Å². The minimum atomic E-state index is -0.699. The Kier molecular flexibility index (Phi) is 6.78. The number of nitrogens with zero attached hydrogens (tertiary/aromatic N) is 1. The van der Waals surface area contributed by atoms with Gasteiger partial charge in [-0.1, -0.05) is 26.8 Å². The first-order chi connectivity index (χ1) is 15.1. The zero-order valence-electron chi connectivity index (χ0n) is 18.6. The van der Waals surface area contributed by atoms with Gasteiger partial charge in [0, 0.05) is 19.7 Å². The SMILES string of the molecule is CCC(Nc1c(Nc2cccc(C(=O)N(C)C)c2O)c(=O)c1=O)c1cc(C(C)C)c(Br)o1. The maximum Gasteiger partial charge on any atom is 0.257 e. The number of amides is 1. The fraction of sp³-hybridized carbons (Fsp3) is 0.348. The van der Waals surface area contributed by atoms with E-state index in [1.54, 1.807) is 20.2 Å². The lowest BCUT2D eigenvalue weighted by molar-refractivity contribution is 0.0824. The van der Waals surface area contributed by atoms with E-state index in [9.17, 15) is 19.5 Å². The molecule has 9 heteroatoms. The number of anilines is 3. The summed E-state index contributed by atoms with van der Waals surface area (Å²) >= 11 is 3.43. The monoisotopic (exact) mass is 503 g/mol. The Balaban J connectivity index is 1.91. The van der Waals surface area contributed by atoms with Gasteiger partial charge in [0.25, 0.3) is 16.8 Å². The molecule has 1 unspecified atom stereocenters. The van der Waals surface area contributed by atoms with E-state index in [0.717, 1.165) is 5.56 Å². The summed E-state index contributed by atoms with van der Waals surface area (Å²) in [5.41, 5.74) is 0.0493. The molecule has 0 saturated heterocycles. The third-order valence-corrected chi connectivity index (χ3v) is 5.89. The van der Waals surface area contributed by atoms with Crippen molar-refractivity contribution in [1.82, 2.24) is 4.90 Å². The molecule has 170 valence electrons. The van der Waals surface area contributed by atoms with Crippen LogP contribution in [0, 0.1) is 0 Å². The molecule has 8 nitrogen and oxygen atoms in total. The molecule has 0 saturated carbocycles. The van der Waals surface area contributed by atoms with Crippen molar-refractivity contribution >= 4 is 38.9 Å². The summed E-state index contributed by atoms with van der Waals surface area (Å²) in [6, 6.07) is 6.19. The van der Waals surface area contributed by atoms with Gasteiger partial charge in [-0.15, -0.1) is 0 Å².